The Morgan fingerprint density at radius 1 is 0.655 bits per heavy atom. The Hall–Kier alpha value is -3.72. The van der Waals surface area contributed by atoms with E-state index in [0.29, 0.717) is 6.42 Å². The topological polar surface area (TPSA) is 42.0 Å². The lowest BCUT2D eigenvalue weighted by atomic mass is 10.0. The fourth-order valence-corrected chi connectivity index (χ4v) is 3.28. The monoisotopic (exact) mass is 378 g/mol. The molecule has 0 radical (unpaired) electrons. The van der Waals surface area contributed by atoms with Crippen LogP contribution in [0.1, 0.15) is 16.7 Å². The van der Waals surface area contributed by atoms with Crippen molar-refractivity contribution >= 4 is 11.6 Å². The van der Waals surface area contributed by atoms with Gasteiger partial charge in [-0.25, -0.2) is 0 Å². The first-order valence-corrected chi connectivity index (χ1v) is 9.68. The van der Waals surface area contributed by atoms with Crippen LogP contribution < -0.4 is 5.32 Å². The largest absolute Gasteiger partial charge is 0.326 e. The van der Waals surface area contributed by atoms with Crippen LogP contribution in [0.3, 0.4) is 0 Å². The van der Waals surface area contributed by atoms with Crippen molar-refractivity contribution in [2.45, 2.75) is 12.8 Å². The van der Waals surface area contributed by atoms with E-state index in [9.17, 15) is 4.79 Å². The van der Waals surface area contributed by atoms with E-state index in [1.165, 1.54) is 16.7 Å². The molecule has 0 spiro atoms. The van der Waals surface area contributed by atoms with Gasteiger partial charge in [0.2, 0.25) is 5.91 Å². The number of nitrogens with zero attached hydrogens (tertiary/aromatic N) is 1. The molecule has 1 N–H and O–H groups in total. The molecule has 0 atom stereocenters. The Bertz CT molecular complexity index is 1060. The van der Waals surface area contributed by atoms with E-state index >= 15 is 0 Å². The van der Waals surface area contributed by atoms with Crippen molar-refractivity contribution in [2.24, 2.45) is 0 Å². The summed E-state index contributed by atoms with van der Waals surface area (Å²) in [5.41, 5.74) is 6.56. The van der Waals surface area contributed by atoms with Crippen molar-refractivity contribution in [1.29, 1.82) is 0 Å². The number of carbonyl (C=O) groups excluding carboxylic acids is 1. The van der Waals surface area contributed by atoms with Gasteiger partial charge in [-0.1, -0.05) is 66.7 Å². The van der Waals surface area contributed by atoms with E-state index in [4.69, 9.17) is 0 Å². The van der Waals surface area contributed by atoms with E-state index < -0.39 is 0 Å². The Balaban J connectivity index is 1.33. The molecular formula is C26H22N2O. The van der Waals surface area contributed by atoms with Gasteiger partial charge in [-0.05, 0) is 58.5 Å². The van der Waals surface area contributed by atoms with Crippen molar-refractivity contribution in [1.82, 2.24) is 4.98 Å². The summed E-state index contributed by atoms with van der Waals surface area (Å²) < 4.78 is 0. The van der Waals surface area contributed by atoms with E-state index in [2.05, 4.69) is 34.6 Å². The second-order valence-electron chi connectivity index (χ2n) is 7.02. The molecule has 0 aliphatic heterocycles. The number of anilines is 1. The van der Waals surface area contributed by atoms with Crippen LogP contribution >= 0.6 is 0 Å². The van der Waals surface area contributed by atoms with Gasteiger partial charge in [0.25, 0.3) is 0 Å². The molecule has 4 aromatic rings. The summed E-state index contributed by atoms with van der Waals surface area (Å²) in [6.07, 6.45) is 4.81. The van der Waals surface area contributed by atoms with Crippen LogP contribution in [0.2, 0.25) is 0 Å². The molecule has 29 heavy (non-hydrogen) atoms. The lowest BCUT2D eigenvalue weighted by molar-refractivity contribution is -0.115. The van der Waals surface area contributed by atoms with Crippen molar-refractivity contribution in [3.63, 3.8) is 0 Å². The molecule has 1 amide bonds. The van der Waals surface area contributed by atoms with Gasteiger partial charge in [-0.2, -0.15) is 0 Å². The maximum Gasteiger partial charge on any atom is 0.228 e. The van der Waals surface area contributed by atoms with Crippen molar-refractivity contribution in [2.75, 3.05) is 5.32 Å². The van der Waals surface area contributed by atoms with Gasteiger partial charge >= 0.3 is 0 Å². The quantitative estimate of drug-likeness (QED) is 0.480. The molecule has 4 rings (SSSR count). The van der Waals surface area contributed by atoms with Gasteiger partial charge in [0, 0.05) is 18.1 Å². The van der Waals surface area contributed by atoms with E-state index in [-0.39, 0.29) is 5.91 Å². The second-order valence-corrected chi connectivity index (χ2v) is 7.02. The average molecular weight is 378 g/mol. The number of aromatic nitrogens is 1. The molecule has 0 aliphatic carbocycles. The molecule has 1 aromatic heterocycles. The summed E-state index contributed by atoms with van der Waals surface area (Å²) >= 11 is 0. The van der Waals surface area contributed by atoms with Crippen LogP contribution in [0.4, 0.5) is 5.69 Å². The molecule has 1 heterocycles. The molecule has 0 bridgehead atoms. The molecule has 0 fully saturated rings. The van der Waals surface area contributed by atoms with Crippen LogP contribution in [-0.4, -0.2) is 10.9 Å². The van der Waals surface area contributed by atoms with Crippen LogP contribution in [0.25, 0.3) is 11.1 Å². The maximum atomic E-state index is 12.4. The fraction of sp³-hybridized carbons (Fsp3) is 0.0769. The lowest BCUT2D eigenvalue weighted by Crippen LogP contribution is -2.14. The van der Waals surface area contributed by atoms with Crippen molar-refractivity contribution in [3.05, 3.63) is 120 Å². The van der Waals surface area contributed by atoms with Crippen LogP contribution in [0.15, 0.2) is 103 Å². The Morgan fingerprint density at radius 2 is 1.24 bits per heavy atom. The minimum absolute atomic E-state index is 0.0145. The predicted octanol–water partition coefficient (Wildman–Crippen LogP) is 5.52. The molecule has 0 unspecified atom stereocenters. The second kappa shape index (κ2) is 8.98. The SMILES string of the molecule is O=C(Cc1ccc(-c2ccccc2)cc1)Nc1ccc(Cc2ccncc2)cc1. The van der Waals surface area contributed by atoms with Gasteiger partial charge in [-0.3, -0.25) is 9.78 Å². The average Bonchev–Trinajstić information content (AvgIpc) is 2.77. The summed E-state index contributed by atoms with van der Waals surface area (Å²) in [6, 6.07) is 30.4. The molecule has 3 nitrogen and oxygen atoms in total. The number of nitrogens with one attached hydrogen (secondary N) is 1. The predicted molar refractivity (Wildman–Crippen MR) is 118 cm³/mol. The fourth-order valence-electron chi connectivity index (χ4n) is 3.28. The van der Waals surface area contributed by atoms with Crippen molar-refractivity contribution in [3.8, 4) is 11.1 Å². The van der Waals surface area contributed by atoms with Crippen LogP contribution in [0.5, 0.6) is 0 Å². The molecule has 0 saturated carbocycles. The highest BCUT2D eigenvalue weighted by Crippen LogP contribution is 2.20. The van der Waals surface area contributed by atoms with Gasteiger partial charge in [0.15, 0.2) is 0 Å². The summed E-state index contributed by atoms with van der Waals surface area (Å²) in [5, 5.41) is 2.98. The zero-order valence-corrected chi connectivity index (χ0v) is 16.1. The normalized spacial score (nSPS) is 10.5. The highest BCUT2D eigenvalue weighted by Gasteiger charge is 2.05. The van der Waals surface area contributed by atoms with E-state index in [1.54, 1.807) is 12.4 Å². The molecule has 0 saturated heterocycles. The van der Waals surface area contributed by atoms with Gasteiger partial charge in [0.1, 0.15) is 0 Å². The molecule has 3 aromatic carbocycles. The minimum atomic E-state index is -0.0145. The van der Waals surface area contributed by atoms with Crippen molar-refractivity contribution < 1.29 is 4.79 Å². The molecule has 0 aliphatic rings. The zero-order valence-electron chi connectivity index (χ0n) is 16.1. The number of hydrogen-bond acceptors (Lipinski definition) is 2. The number of benzene rings is 3. The first-order valence-electron chi connectivity index (χ1n) is 9.68. The van der Waals surface area contributed by atoms with Gasteiger partial charge < -0.3 is 5.32 Å². The van der Waals surface area contributed by atoms with Gasteiger partial charge in [-0.15, -0.1) is 0 Å². The number of rotatable bonds is 6. The third-order valence-corrected chi connectivity index (χ3v) is 4.82. The maximum absolute atomic E-state index is 12.4. The molecule has 3 heteroatoms. The number of amides is 1. The van der Waals surface area contributed by atoms with Crippen LogP contribution in [-0.2, 0) is 17.6 Å². The standard InChI is InChI=1S/C26H22N2O/c29-26(19-21-6-10-24(11-7-21)23-4-2-1-3-5-23)28-25-12-8-20(9-13-25)18-22-14-16-27-17-15-22/h1-17H,18-19H2,(H,28,29). The lowest BCUT2D eigenvalue weighted by Gasteiger charge is -2.08. The summed E-state index contributed by atoms with van der Waals surface area (Å²) in [7, 11) is 0. The highest BCUT2D eigenvalue weighted by molar-refractivity contribution is 5.92. The smallest absolute Gasteiger partial charge is 0.228 e. The zero-order chi connectivity index (χ0) is 19.9. The Kier molecular flexibility index (Phi) is 5.77. The first kappa shape index (κ1) is 18.6. The number of carbonyl (C=O) groups is 1. The summed E-state index contributed by atoms with van der Waals surface area (Å²) in [6.45, 7) is 0. The minimum Gasteiger partial charge on any atom is -0.326 e. The third kappa shape index (κ3) is 5.17. The third-order valence-electron chi connectivity index (χ3n) is 4.82. The highest BCUT2D eigenvalue weighted by atomic mass is 16.1. The summed E-state index contributed by atoms with van der Waals surface area (Å²) in [4.78, 5) is 16.4. The van der Waals surface area contributed by atoms with Crippen LogP contribution in [0, 0.1) is 0 Å². The Labute approximate surface area is 171 Å². The number of pyridine rings is 1. The number of hydrogen-bond donors (Lipinski definition) is 1. The van der Waals surface area contributed by atoms with Gasteiger partial charge in [0.05, 0.1) is 6.42 Å². The molecular weight excluding hydrogens is 356 g/mol. The summed E-state index contributed by atoms with van der Waals surface area (Å²) in [5.74, 6) is -0.0145. The molecule has 142 valence electrons. The first-order chi connectivity index (χ1) is 14.3. The Morgan fingerprint density at radius 3 is 1.93 bits per heavy atom. The van der Waals surface area contributed by atoms with E-state index in [1.807, 2.05) is 66.7 Å². The van der Waals surface area contributed by atoms with E-state index in [0.717, 1.165) is 23.2 Å².